The molecule has 8 nitrogen and oxygen atoms in total. The molecule has 0 saturated carbocycles. The van der Waals surface area contributed by atoms with Crippen LogP contribution in [0, 0.1) is 20.2 Å². The zero-order valence-electron chi connectivity index (χ0n) is 9.07. The van der Waals surface area contributed by atoms with Crippen molar-refractivity contribution >= 4 is 11.6 Å². The fourth-order valence-corrected chi connectivity index (χ4v) is 1.28. The molecule has 0 aliphatic heterocycles. The molecule has 0 aliphatic rings. The van der Waals surface area contributed by atoms with Crippen LogP contribution in [0.15, 0.2) is 24.3 Å². The molecular weight excluding hydrogens is 244 g/mol. The predicted molar refractivity (Wildman–Crippen MR) is 58.8 cm³/mol. The third-order valence-electron chi connectivity index (χ3n) is 2.05. The lowest BCUT2D eigenvalue weighted by Crippen LogP contribution is -2.16. The van der Waals surface area contributed by atoms with Crippen LogP contribution in [0.2, 0.25) is 0 Å². The molecule has 0 saturated heterocycles. The van der Waals surface area contributed by atoms with Crippen LogP contribution in [0.3, 0.4) is 0 Å². The van der Waals surface area contributed by atoms with E-state index in [1.807, 2.05) is 0 Å². The number of carbonyl (C=O) groups excluding carboxylic acids is 2. The molecule has 0 fully saturated rings. The second-order valence-electron chi connectivity index (χ2n) is 3.41. The molecule has 0 aromatic heterocycles. The molecule has 0 amide bonds. The summed E-state index contributed by atoms with van der Waals surface area (Å²) in [4.78, 5) is 41.5. The van der Waals surface area contributed by atoms with Crippen molar-refractivity contribution in [1.29, 1.82) is 0 Å². The molecular formula is C10H8N2O6. The van der Waals surface area contributed by atoms with E-state index < -0.39 is 34.5 Å². The molecule has 0 N–H and O–H groups in total. The number of ketones is 2. The van der Waals surface area contributed by atoms with Gasteiger partial charge < -0.3 is 0 Å². The van der Waals surface area contributed by atoms with Crippen LogP contribution in [0.5, 0.6) is 0 Å². The van der Waals surface area contributed by atoms with E-state index in [1.54, 1.807) is 0 Å². The van der Waals surface area contributed by atoms with Gasteiger partial charge in [-0.1, -0.05) is 18.2 Å². The largest absolute Gasteiger partial charge is 0.287 e. The molecule has 0 bridgehead atoms. The Bertz CT molecular complexity index is 482. The second-order valence-corrected chi connectivity index (χ2v) is 3.41. The minimum absolute atomic E-state index is 0.0131. The Hall–Kier alpha value is -2.64. The molecule has 1 aromatic rings. The molecule has 0 unspecified atom stereocenters. The van der Waals surface area contributed by atoms with Crippen LogP contribution in [0.1, 0.15) is 20.7 Å². The summed E-state index contributed by atoms with van der Waals surface area (Å²) >= 11 is 0. The van der Waals surface area contributed by atoms with Crippen molar-refractivity contribution in [2.24, 2.45) is 0 Å². The van der Waals surface area contributed by atoms with Crippen molar-refractivity contribution < 1.29 is 19.4 Å². The van der Waals surface area contributed by atoms with E-state index in [4.69, 9.17) is 0 Å². The third kappa shape index (κ3) is 3.74. The number of nitro groups is 2. The van der Waals surface area contributed by atoms with Gasteiger partial charge >= 0.3 is 0 Å². The topological polar surface area (TPSA) is 120 Å². The Kier molecular flexibility index (Phi) is 4.19. The molecule has 8 heteroatoms. The van der Waals surface area contributed by atoms with Crippen molar-refractivity contribution in [3.05, 3.63) is 55.6 Å². The predicted octanol–water partition coefficient (Wildman–Crippen LogP) is 0.605. The molecule has 0 heterocycles. The molecule has 18 heavy (non-hydrogen) atoms. The molecule has 0 atom stereocenters. The first kappa shape index (κ1) is 13.4. The maximum atomic E-state index is 11.4. The number of nitrogens with zero attached hydrogens (tertiary/aromatic N) is 2. The minimum Gasteiger partial charge on any atom is -0.287 e. The summed E-state index contributed by atoms with van der Waals surface area (Å²) in [5, 5.41) is 20.4. The number of carbonyl (C=O) groups is 2. The van der Waals surface area contributed by atoms with Crippen LogP contribution in [-0.2, 0) is 0 Å². The first-order valence-corrected chi connectivity index (χ1v) is 4.80. The Labute approximate surface area is 101 Å². The average molecular weight is 252 g/mol. The average Bonchev–Trinajstić information content (AvgIpc) is 2.27. The van der Waals surface area contributed by atoms with Crippen molar-refractivity contribution in [3.63, 3.8) is 0 Å². The summed E-state index contributed by atoms with van der Waals surface area (Å²) in [6.45, 7) is -1.76. The van der Waals surface area contributed by atoms with Gasteiger partial charge in [0.15, 0.2) is 0 Å². The Balaban J connectivity index is 2.92. The SMILES string of the molecule is O=C(C[N+](=O)[O-])c1cccc(C(=O)C[N+](=O)[O-])c1. The number of benzene rings is 1. The lowest BCUT2D eigenvalue weighted by Gasteiger charge is -2.00. The van der Waals surface area contributed by atoms with Gasteiger partial charge in [-0.25, -0.2) is 0 Å². The maximum Gasteiger partial charge on any atom is 0.265 e. The van der Waals surface area contributed by atoms with E-state index in [2.05, 4.69) is 0 Å². The Morgan fingerprint density at radius 2 is 1.33 bits per heavy atom. The van der Waals surface area contributed by atoms with E-state index in [9.17, 15) is 29.8 Å². The van der Waals surface area contributed by atoms with Crippen LogP contribution in [0.25, 0.3) is 0 Å². The summed E-state index contributed by atoms with van der Waals surface area (Å²) in [7, 11) is 0. The van der Waals surface area contributed by atoms with Crippen molar-refractivity contribution in [3.8, 4) is 0 Å². The second kappa shape index (κ2) is 5.62. The molecule has 1 aromatic carbocycles. The van der Waals surface area contributed by atoms with E-state index in [0.29, 0.717) is 0 Å². The van der Waals surface area contributed by atoms with E-state index in [1.165, 1.54) is 18.2 Å². The highest BCUT2D eigenvalue weighted by molar-refractivity contribution is 6.02. The van der Waals surface area contributed by atoms with Gasteiger partial charge in [-0.2, -0.15) is 0 Å². The highest BCUT2D eigenvalue weighted by Gasteiger charge is 2.17. The lowest BCUT2D eigenvalue weighted by atomic mass is 10.0. The van der Waals surface area contributed by atoms with Gasteiger partial charge in [0.05, 0.1) is 0 Å². The van der Waals surface area contributed by atoms with Gasteiger partial charge in [-0.15, -0.1) is 0 Å². The van der Waals surface area contributed by atoms with Gasteiger partial charge in [0, 0.05) is 21.0 Å². The van der Waals surface area contributed by atoms with Crippen molar-refractivity contribution in [2.75, 3.05) is 13.1 Å². The summed E-state index contributed by atoms with van der Waals surface area (Å²) in [5.74, 6) is -1.51. The lowest BCUT2D eigenvalue weighted by molar-refractivity contribution is -0.465. The third-order valence-corrected chi connectivity index (χ3v) is 2.05. The summed E-state index contributed by atoms with van der Waals surface area (Å²) in [6.07, 6.45) is 0. The molecule has 1 rings (SSSR count). The smallest absolute Gasteiger partial charge is 0.265 e. The number of hydrogen-bond acceptors (Lipinski definition) is 6. The molecule has 0 aliphatic carbocycles. The van der Waals surface area contributed by atoms with E-state index >= 15 is 0 Å². The zero-order valence-corrected chi connectivity index (χ0v) is 9.07. The Morgan fingerprint density at radius 3 is 1.67 bits per heavy atom. The summed E-state index contributed by atoms with van der Waals surface area (Å²) < 4.78 is 0. The summed E-state index contributed by atoms with van der Waals surface area (Å²) in [6, 6.07) is 5.10. The monoisotopic (exact) mass is 252 g/mol. The maximum absolute atomic E-state index is 11.4. The van der Waals surface area contributed by atoms with Gasteiger partial charge in [-0.3, -0.25) is 29.8 Å². The van der Waals surface area contributed by atoms with Crippen LogP contribution in [0.4, 0.5) is 0 Å². The number of rotatable bonds is 6. The fourth-order valence-electron chi connectivity index (χ4n) is 1.28. The van der Waals surface area contributed by atoms with E-state index in [-0.39, 0.29) is 11.1 Å². The fraction of sp³-hybridized carbons (Fsp3) is 0.200. The molecule has 0 spiro atoms. The quantitative estimate of drug-likeness (QED) is 0.415. The van der Waals surface area contributed by atoms with Crippen molar-refractivity contribution in [2.45, 2.75) is 0 Å². The van der Waals surface area contributed by atoms with Crippen LogP contribution < -0.4 is 0 Å². The summed E-state index contributed by atoms with van der Waals surface area (Å²) in [5.41, 5.74) is -0.0261. The number of Topliss-reactive ketones (excluding diaryl/α,β-unsaturated/α-hetero) is 2. The van der Waals surface area contributed by atoms with Gasteiger partial charge in [0.1, 0.15) is 0 Å². The normalized spacial score (nSPS) is 9.78. The number of hydrogen-bond donors (Lipinski definition) is 0. The standard InChI is InChI=1S/C10H8N2O6/c13-9(5-11(15)16)7-2-1-3-8(4-7)10(14)6-12(17)18/h1-4H,5-6H2. The molecule has 94 valence electrons. The highest BCUT2D eigenvalue weighted by atomic mass is 16.6. The molecule has 0 radical (unpaired) electrons. The van der Waals surface area contributed by atoms with E-state index in [0.717, 1.165) is 6.07 Å². The Morgan fingerprint density at radius 1 is 0.944 bits per heavy atom. The minimum atomic E-state index is -0.882. The van der Waals surface area contributed by atoms with Crippen LogP contribution >= 0.6 is 0 Å². The van der Waals surface area contributed by atoms with Gasteiger partial charge in [0.25, 0.3) is 13.1 Å². The first-order chi connectivity index (χ1) is 8.40. The van der Waals surface area contributed by atoms with Crippen LogP contribution in [-0.4, -0.2) is 34.5 Å². The highest BCUT2D eigenvalue weighted by Crippen LogP contribution is 2.07. The first-order valence-electron chi connectivity index (χ1n) is 4.80. The van der Waals surface area contributed by atoms with Gasteiger partial charge in [0.2, 0.25) is 11.6 Å². The van der Waals surface area contributed by atoms with Gasteiger partial charge in [-0.05, 0) is 6.07 Å². The zero-order chi connectivity index (χ0) is 13.7. The van der Waals surface area contributed by atoms with Crippen molar-refractivity contribution in [1.82, 2.24) is 0 Å².